The van der Waals surface area contributed by atoms with Gasteiger partial charge in [-0.05, 0) is 53.1 Å². The molecule has 0 saturated carbocycles. The van der Waals surface area contributed by atoms with Crippen molar-refractivity contribution in [1.29, 1.82) is 0 Å². The Morgan fingerprint density at radius 2 is 2.17 bits per heavy atom. The van der Waals surface area contributed by atoms with Crippen LogP contribution in [-0.2, 0) is 6.54 Å². The Balaban J connectivity index is 2.12. The molecule has 3 nitrogen and oxygen atoms in total. The zero-order valence-electron chi connectivity index (χ0n) is 10.4. The van der Waals surface area contributed by atoms with E-state index in [1.165, 1.54) is 0 Å². The van der Waals surface area contributed by atoms with Crippen LogP contribution < -0.4 is 0 Å². The summed E-state index contributed by atoms with van der Waals surface area (Å²) in [7, 11) is 1.78. The minimum atomic E-state index is -0.0377. The van der Waals surface area contributed by atoms with Crippen molar-refractivity contribution in [3.8, 4) is 5.75 Å². The molecule has 0 bridgehead atoms. The topological polar surface area (TPSA) is 40.5 Å². The Kier molecular flexibility index (Phi) is 3.67. The lowest BCUT2D eigenvalue weighted by Crippen LogP contribution is -2.25. The average molecular weight is 261 g/mol. The molecule has 94 valence electrons. The molecule has 0 spiro atoms. The zero-order chi connectivity index (χ0) is 13.1. The summed E-state index contributed by atoms with van der Waals surface area (Å²) in [5.74, 6) is 0.177. The first-order chi connectivity index (χ1) is 8.58. The van der Waals surface area contributed by atoms with Gasteiger partial charge in [0.15, 0.2) is 0 Å². The second kappa shape index (κ2) is 5.23. The highest BCUT2D eigenvalue weighted by atomic mass is 32.1. The first-order valence-electron chi connectivity index (χ1n) is 5.64. The third kappa shape index (κ3) is 2.71. The van der Waals surface area contributed by atoms with Gasteiger partial charge in [0, 0.05) is 19.2 Å². The molecule has 1 heterocycles. The third-order valence-electron chi connectivity index (χ3n) is 2.79. The number of phenolic OH excluding ortho intramolecular Hbond substituents is 1. The molecule has 0 aliphatic rings. The van der Waals surface area contributed by atoms with E-state index in [2.05, 4.69) is 0 Å². The number of aryl methyl sites for hydroxylation is 1. The molecule has 1 aromatic heterocycles. The van der Waals surface area contributed by atoms with Crippen molar-refractivity contribution >= 4 is 17.2 Å². The lowest BCUT2D eigenvalue weighted by atomic mass is 10.1. The van der Waals surface area contributed by atoms with Gasteiger partial charge in [-0.25, -0.2) is 0 Å². The number of carbonyl (C=O) groups is 1. The maximum atomic E-state index is 12.2. The van der Waals surface area contributed by atoms with E-state index >= 15 is 0 Å². The number of rotatable bonds is 3. The van der Waals surface area contributed by atoms with E-state index in [-0.39, 0.29) is 11.7 Å². The van der Waals surface area contributed by atoms with Crippen LogP contribution in [0.25, 0.3) is 0 Å². The van der Waals surface area contributed by atoms with Gasteiger partial charge in [0.25, 0.3) is 5.91 Å². The molecule has 1 N–H and O–H groups in total. The fraction of sp³-hybridized carbons (Fsp3) is 0.214. The lowest BCUT2D eigenvalue weighted by molar-refractivity contribution is 0.0785. The molecule has 0 aliphatic heterocycles. The Labute approximate surface area is 110 Å². The first-order valence-corrected chi connectivity index (χ1v) is 6.58. The van der Waals surface area contributed by atoms with E-state index in [0.717, 1.165) is 5.56 Å². The van der Waals surface area contributed by atoms with Crippen LogP contribution in [0.3, 0.4) is 0 Å². The first kappa shape index (κ1) is 12.6. The average Bonchev–Trinajstić information content (AvgIpc) is 2.84. The lowest BCUT2D eigenvalue weighted by Gasteiger charge is -2.17. The van der Waals surface area contributed by atoms with Crippen LogP contribution in [0.5, 0.6) is 5.75 Å². The summed E-state index contributed by atoms with van der Waals surface area (Å²) in [4.78, 5) is 13.9. The maximum absolute atomic E-state index is 12.2. The summed E-state index contributed by atoms with van der Waals surface area (Å²) >= 11 is 1.62. The highest BCUT2D eigenvalue weighted by Gasteiger charge is 2.13. The van der Waals surface area contributed by atoms with Gasteiger partial charge in [0.2, 0.25) is 0 Å². The monoisotopic (exact) mass is 261 g/mol. The summed E-state index contributed by atoms with van der Waals surface area (Å²) in [6, 6.07) is 6.92. The summed E-state index contributed by atoms with van der Waals surface area (Å²) in [6.07, 6.45) is 0. The highest BCUT2D eigenvalue weighted by Crippen LogP contribution is 2.18. The predicted molar refractivity (Wildman–Crippen MR) is 73.0 cm³/mol. The van der Waals surface area contributed by atoms with Gasteiger partial charge in [0.1, 0.15) is 5.75 Å². The van der Waals surface area contributed by atoms with Crippen LogP contribution in [0.4, 0.5) is 0 Å². The van der Waals surface area contributed by atoms with Gasteiger partial charge in [-0.2, -0.15) is 11.3 Å². The largest absolute Gasteiger partial charge is 0.508 e. The third-order valence-corrected chi connectivity index (χ3v) is 3.52. The number of hydrogen-bond donors (Lipinski definition) is 1. The van der Waals surface area contributed by atoms with Crippen molar-refractivity contribution < 1.29 is 9.90 Å². The molecule has 0 radical (unpaired) electrons. The van der Waals surface area contributed by atoms with Gasteiger partial charge >= 0.3 is 0 Å². The molecule has 18 heavy (non-hydrogen) atoms. The number of aromatic hydroxyl groups is 1. The molecule has 1 aromatic carbocycles. The Morgan fingerprint density at radius 3 is 2.78 bits per heavy atom. The molecule has 0 unspecified atom stereocenters. The van der Waals surface area contributed by atoms with E-state index < -0.39 is 0 Å². The van der Waals surface area contributed by atoms with Crippen molar-refractivity contribution in [3.05, 3.63) is 51.7 Å². The van der Waals surface area contributed by atoms with Crippen molar-refractivity contribution in [1.82, 2.24) is 4.90 Å². The van der Waals surface area contributed by atoms with Crippen LogP contribution in [-0.4, -0.2) is 23.0 Å². The standard InChI is InChI=1S/C14H15NO2S/c1-10-7-12(3-4-13(10)16)14(17)15(2)8-11-5-6-18-9-11/h3-7,9,16H,8H2,1-2H3. The number of nitrogens with zero attached hydrogens (tertiary/aromatic N) is 1. The second-order valence-corrected chi connectivity index (χ2v) is 5.07. The molecule has 0 aliphatic carbocycles. The van der Waals surface area contributed by atoms with Gasteiger partial charge in [-0.15, -0.1) is 0 Å². The SMILES string of the molecule is Cc1cc(C(=O)N(C)Cc2ccsc2)ccc1O. The smallest absolute Gasteiger partial charge is 0.253 e. The Hall–Kier alpha value is -1.81. The molecule has 0 saturated heterocycles. The Morgan fingerprint density at radius 1 is 1.39 bits per heavy atom. The predicted octanol–water partition coefficient (Wildman–Crippen LogP) is 3.03. The van der Waals surface area contributed by atoms with Crippen molar-refractivity contribution in [2.75, 3.05) is 7.05 Å². The number of benzene rings is 1. The van der Waals surface area contributed by atoms with Crippen LogP contribution >= 0.6 is 11.3 Å². The van der Waals surface area contributed by atoms with E-state index in [4.69, 9.17) is 0 Å². The molecule has 0 atom stereocenters. The molecule has 2 aromatic rings. The minimum absolute atomic E-state index is 0.0377. The maximum Gasteiger partial charge on any atom is 0.253 e. The highest BCUT2D eigenvalue weighted by molar-refractivity contribution is 7.07. The van der Waals surface area contributed by atoms with Gasteiger partial charge < -0.3 is 10.0 Å². The van der Waals surface area contributed by atoms with Gasteiger partial charge in [0.05, 0.1) is 0 Å². The molecular formula is C14H15NO2S. The molecule has 0 fully saturated rings. The normalized spacial score (nSPS) is 10.3. The summed E-state index contributed by atoms with van der Waals surface area (Å²) in [6.45, 7) is 2.38. The van der Waals surface area contributed by atoms with Crippen molar-refractivity contribution in [3.63, 3.8) is 0 Å². The van der Waals surface area contributed by atoms with Crippen molar-refractivity contribution in [2.45, 2.75) is 13.5 Å². The molecule has 4 heteroatoms. The van der Waals surface area contributed by atoms with Crippen molar-refractivity contribution in [2.24, 2.45) is 0 Å². The summed E-state index contributed by atoms with van der Waals surface area (Å²) in [5, 5.41) is 13.5. The minimum Gasteiger partial charge on any atom is -0.508 e. The summed E-state index contributed by atoms with van der Waals surface area (Å²) < 4.78 is 0. The van der Waals surface area contributed by atoms with Crippen LogP contribution in [0.15, 0.2) is 35.0 Å². The number of amides is 1. The quantitative estimate of drug-likeness (QED) is 0.922. The number of phenols is 1. The summed E-state index contributed by atoms with van der Waals surface area (Å²) in [5.41, 5.74) is 2.44. The number of hydrogen-bond acceptors (Lipinski definition) is 3. The molecule has 2 rings (SSSR count). The van der Waals surface area contributed by atoms with E-state index in [9.17, 15) is 9.90 Å². The van der Waals surface area contributed by atoms with Crippen LogP contribution in [0.2, 0.25) is 0 Å². The number of carbonyl (C=O) groups excluding carboxylic acids is 1. The molecule has 1 amide bonds. The second-order valence-electron chi connectivity index (χ2n) is 4.29. The Bertz CT molecular complexity index is 549. The van der Waals surface area contributed by atoms with Gasteiger partial charge in [-0.1, -0.05) is 0 Å². The molecular weight excluding hydrogens is 246 g/mol. The van der Waals surface area contributed by atoms with E-state index in [0.29, 0.717) is 17.7 Å². The zero-order valence-corrected chi connectivity index (χ0v) is 11.2. The van der Waals surface area contributed by atoms with Crippen LogP contribution in [0.1, 0.15) is 21.5 Å². The fourth-order valence-electron chi connectivity index (χ4n) is 1.74. The number of thiophene rings is 1. The van der Waals surface area contributed by atoms with Gasteiger partial charge in [-0.3, -0.25) is 4.79 Å². The van der Waals surface area contributed by atoms with E-state index in [1.807, 2.05) is 16.8 Å². The van der Waals surface area contributed by atoms with E-state index in [1.54, 1.807) is 48.4 Å². The fourth-order valence-corrected chi connectivity index (χ4v) is 2.40. The van der Waals surface area contributed by atoms with Crippen LogP contribution in [0, 0.1) is 6.92 Å².